The van der Waals surface area contributed by atoms with E-state index in [9.17, 15) is 0 Å². The molecule has 0 aliphatic rings. The van der Waals surface area contributed by atoms with Gasteiger partial charge in [-0.2, -0.15) is 4.98 Å². The standard InChI is InChI=1S/C5H7ClN2O2/c6-3-5-7-4(1-2-9)8-10-5/h9H,1-3H2. The Balaban J connectivity index is 2.59. The highest BCUT2D eigenvalue weighted by molar-refractivity contribution is 6.16. The minimum absolute atomic E-state index is 0.0290. The first kappa shape index (κ1) is 7.50. The Hall–Kier alpha value is -0.610. The maximum atomic E-state index is 8.45. The zero-order valence-corrected chi connectivity index (χ0v) is 6.01. The fourth-order valence-electron chi connectivity index (χ4n) is 0.546. The Labute approximate surface area is 62.8 Å². The van der Waals surface area contributed by atoms with E-state index >= 15 is 0 Å². The van der Waals surface area contributed by atoms with Crippen LogP contribution in [0.2, 0.25) is 0 Å². The lowest BCUT2D eigenvalue weighted by Gasteiger charge is -1.82. The summed E-state index contributed by atoms with van der Waals surface area (Å²) in [4.78, 5) is 3.85. The molecule has 0 aromatic carbocycles. The molecule has 0 aliphatic heterocycles. The summed E-state index contributed by atoms with van der Waals surface area (Å²) in [6.45, 7) is 0.0290. The van der Waals surface area contributed by atoms with Gasteiger partial charge in [0.1, 0.15) is 5.88 Å². The van der Waals surface area contributed by atoms with E-state index in [-0.39, 0.29) is 12.5 Å². The van der Waals surface area contributed by atoms with Crippen LogP contribution in [0.3, 0.4) is 0 Å². The number of halogens is 1. The predicted octanol–water partition coefficient (Wildman–Crippen LogP) is 0.343. The van der Waals surface area contributed by atoms with Gasteiger partial charge in [0.15, 0.2) is 5.82 Å². The smallest absolute Gasteiger partial charge is 0.241 e. The summed E-state index contributed by atoms with van der Waals surface area (Å²) in [6.07, 6.45) is 0.417. The monoisotopic (exact) mass is 162 g/mol. The number of aliphatic hydroxyl groups excluding tert-OH is 1. The molecule has 4 nitrogen and oxygen atoms in total. The number of hydrogen-bond acceptors (Lipinski definition) is 4. The number of nitrogens with zero attached hydrogens (tertiary/aromatic N) is 2. The molecule has 1 aromatic heterocycles. The van der Waals surface area contributed by atoms with Crippen molar-refractivity contribution in [2.45, 2.75) is 12.3 Å². The van der Waals surface area contributed by atoms with Crippen molar-refractivity contribution in [1.82, 2.24) is 10.1 Å². The molecule has 0 spiro atoms. The summed E-state index contributed by atoms with van der Waals surface area (Å²) in [6, 6.07) is 0. The molecule has 0 unspecified atom stereocenters. The minimum atomic E-state index is 0.0290. The minimum Gasteiger partial charge on any atom is -0.396 e. The van der Waals surface area contributed by atoms with Crippen LogP contribution in [0.25, 0.3) is 0 Å². The number of rotatable bonds is 3. The van der Waals surface area contributed by atoms with E-state index in [1.807, 2.05) is 0 Å². The molecule has 56 valence electrons. The van der Waals surface area contributed by atoms with Crippen molar-refractivity contribution < 1.29 is 9.63 Å². The lowest BCUT2D eigenvalue weighted by atomic mass is 10.4. The summed E-state index contributed by atoms with van der Waals surface area (Å²) in [5.41, 5.74) is 0. The number of aliphatic hydroxyl groups is 1. The van der Waals surface area contributed by atoms with Crippen LogP contribution in [0.15, 0.2) is 4.52 Å². The summed E-state index contributed by atoms with van der Waals surface area (Å²) < 4.78 is 4.66. The van der Waals surface area contributed by atoms with Crippen molar-refractivity contribution in [3.8, 4) is 0 Å². The molecule has 1 heterocycles. The molecule has 1 rings (SSSR count). The first-order valence-electron chi connectivity index (χ1n) is 2.85. The number of hydrogen-bond donors (Lipinski definition) is 1. The Morgan fingerprint density at radius 1 is 1.60 bits per heavy atom. The van der Waals surface area contributed by atoms with E-state index in [1.165, 1.54) is 0 Å². The molecule has 0 atom stereocenters. The van der Waals surface area contributed by atoms with Crippen molar-refractivity contribution in [3.05, 3.63) is 11.7 Å². The van der Waals surface area contributed by atoms with Crippen LogP contribution >= 0.6 is 11.6 Å². The average Bonchev–Trinajstić information content (AvgIpc) is 2.37. The van der Waals surface area contributed by atoms with Crippen LogP contribution in [-0.4, -0.2) is 21.9 Å². The maximum Gasteiger partial charge on any atom is 0.241 e. The molecule has 0 radical (unpaired) electrons. The molecular weight excluding hydrogens is 156 g/mol. The van der Waals surface area contributed by atoms with Gasteiger partial charge in [-0.05, 0) is 0 Å². The van der Waals surface area contributed by atoms with E-state index in [0.717, 1.165) is 0 Å². The van der Waals surface area contributed by atoms with Crippen LogP contribution in [0, 0.1) is 0 Å². The molecule has 0 saturated carbocycles. The summed E-state index contributed by atoms with van der Waals surface area (Å²) >= 11 is 5.38. The van der Waals surface area contributed by atoms with E-state index in [2.05, 4.69) is 14.7 Å². The van der Waals surface area contributed by atoms with Gasteiger partial charge in [0, 0.05) is 6.42 Å². The van der Waals surface area contributed by atoms with Crippen LogP contribution in [0.1, 0.15) is 11.7 Å². The van der Waals surface area contributed by atoms with Gasteiger partial charge in [0.25, 0.3) is 0 Å². The van der Waals surface area contributed by atoms with E-state index < -0.39 is 0 Å². The largest absolute Gasteiger partial charge is 0.396 e. The Kier molecular flexibility index (Phi) is 2.65. The van der Waals surface area contributed by atoms with Gasteiger partial charge in [-0.3, -0.25) is 0 Å². The third-order valence-electron chi connectivity index (χ3n) is 0.960. The molecule has 1 N–H and O–H groups in total. The second-order valence-corrected chi connectivity index (χ2v) is 1.98. The Morgan fingerprint density at radius 2 is 2.40 bits per heavy atom. The fraction of sp³-hybridized carbons (Fsp3) is 0.600. The molecule has 1 aromatic rings. The number of aromatic nitrogens is 2. The summed E-state index contributed by atoms with van der Waals surface area (Å²) in [5.74, 6) is 1.11. The van der Waals surface area contributed by atoms with Gasteiger partial charge >= 0.3 is 0 Å². The van der Waals surface area contributed by atoms with Crippen LogP contribution in [0.4, 0.5) is 0 Å². The molecule has 0 saturated heterocycles. The molecular formula is C5H7ClN2O2. The SMILES string of the molecule is OCCc1noc(CCl)n1. The second-order valence-electron chi connectivity index (χ2n) is 1.71. The van der Waals surface area contributed by atoms with Crippen molar-refractivity contribution in [3.63, 3.8) is 0 Å². The first-order valence-corrected chi connectivity index (χ1v) is 3.38. The molecule has 0 bridgehead atoms. The van der Waals surface area contributed by atoms with Gasteiger partial charge in [-0.25, -0.2) is 0 Å². The van der Waals surface area contributed by atoms with Crippen molar-refractivity contribution >= 4 is 11.6 Å². The normalized spacial score (nSPS) is 10.2. The fourth-order valence-corrected chi connectivity index (χ4v) is 0.655. The first-order chi connectivity index (χ1) is 4.86. The Bertz CT molecular complexity index is 201. The van der Waals surface area contributed by atoms with Crippen molar-refractivity contribution in [2.24, 2.45) is 0 Å². The second kappa shape index (κ2) is 3.53. The van der Waals surface area contributed by atoms with Crippen LogP contribution < -0.4 is 0 Å². The molecule has 5 heteroatoms. The molecule has 0 amide bonds. The van der Waals surface area contributed by atoms with Gasteiger partial charge < -0.3 is 9.63 Å². The van der Waals surface area contributed by atoms with Crippen LogP contribution in [0.5, 0.6) is 0 Å². The van der Waals surface area contributed by atoms with Crippen molar-refractivity contribution in [2.75, 3.05) is 6.61 Å². The van der Waals surface area contributed by atoms with E-state index in [1.54, 1.807) is 0 Å². The van der Waals surface area contributed by atoms with E-state index in [4.69, 9.17) is 16.7 Å². The van der Waals surface area contributed by atoms with Crippen LogP contribution in [-0.2, 0) is 12.3 Å². The predicted molar refractivity (Wildman–Crippen MR) is 34.6 cm³/mol. The average molecular weight is 163 g/mol. The molecule has 0 aliphatic carbocycles. The number of alkyl halides is 1. The summed E-state index contributed by atoms with van der Waals surface area (Å²) in [5, 5.41) is 12.0. The van der Waals surface area contributed by atoms with Gasteiger partial charge in [-0.15, -0.1) is 11.6 Å². The lowest BCUT2D eigenvalue weighted by Crippen LogP contribution is -1.92. The third kappa shape index (κ3) is 1.68. The van der Waals surface area contributed by atoms with Gasteiger partial charge in [0.2, 0.25) is 5.89 Å². The Morgan fingerprint density at radius 3 is 2.90 bits per heavy atom. The van der Waals surface area contributed by atoms with Gasteiger partial charge in [-0.1, -0.05) is 5.16 Å². The summed E-state index contributed by atoms with van der Waals surface area (Å²) in [7, 11) is 0. The highest BCUT2D eigenvalue weighted by atomic mass is 35.5. The quantitative estimate of drug-likeness (QED) is 0.652. The highest BCUT2D eigenvalue weighted by Crippen LogP contribution is 2.00. The topological polar surface area (TPSA) is 59.2 Å². The van der Waals surface area contributed by atoms with Gasteiger partial charge in [0.05, 0.1) is 6.61 Å². The zero-order valence-electron chi connectivity index (χ0n) is 5.25. The molecule has 0 fully saturated rings. The molecule has 10 heavy (non-hydrogen) atoms. The maximum absolute atomic E-state index is 8.45. The third-order valence-corrected chi connectivity index (χ3v) is 1.19. The zero-order chi connectivity index (χ0) is 7.40. The van der Waals surface area contributed by atoms with Crippen molar-refractivity contribution in [1.29, 1.82) is 0 Å². The highest BCUT2D eigenvalue weighted by Gasteiger charge is 2.02. The van der Waals surface area contributed by atoms with E-state index in [0.29, 0.717) is 18.1 Å². The lowest BCUT2D eigenvalue weighted by molar-refractivity contribution is 0.293.